The van der Waals surface area contributed by atoms with Crippen LogP contribution in [0.3, 0.4) is 0 Å². The molecule has 1 heterocycles. The van der Waals surface area contributed by atoms with Crippen molar-refractivity contribution < 1.29 is 4.74 Å². The average Bonchev–Trinajstić information content (AvgIpc) is 2.70. The molecule has 0 fully saturated rings. The van der Waals surface area contributed by atoms with Crippen LogP contribution < -0.4 is 11.3 Å². The highest BCUT2D eigenvalue weighted by molar-refractivity contribution is 4.91. The van der Waals surface area contributed by atoms with Crippen molar-refractivity contribution in [1.29, 1.82) is 0 Å². The molecule has 0 amide bonds. The third-order valence-corrected chi connectivity index (χ3v) is 2.52. The number of aromatic nitrogens is 3. The minimum absolute atomic E-state index is 0.0333. The first-order chi connectivity index (χ1) is 8.33. The van der Waals surface area contributed by atoms with E-state index < -0.39 is 0 Å². The van der Waals surface area contributed by atoms with Crippen molar-refractivity contribution in [2.24, 2.45) is 5.84 Å². The Kier molecular flexibility index (Phi) is 5.25. The van der Waals surface area contributed by atoms with Crippen molar-refractivity contribution in [3.63, 3.8) is 0 Å². The highest BCUT2D eigenvalue weighted by atomic mass is 16.5. The third kappa shape index (κ3) is 4.72. The molecule has 0 aliphatic heterocycles. The van der Waals surface area contributed by atoms with Crippen LogP contribution in [0.15, 0.2) is 6.33 Å². The molecule has 0 bridgehead atoms. The number of hydrogen-bond donors (Lipinski definition) is 2. The molecular formula is C12H25N5O. The van der Waals surface area contributed by atoms with Gasteiger partial charge in [0.2, 0.25) is 0 Å². The van der Waals surface area contributed by atoms with Crippen LogP contribution in [0.2, 0.25) is 0 Å². The Morgan fingerprint density at radius 2 is 2.11 bits per heavy atom. The zero-order chi connectivity index (χ0) is 13.8. The zero-order valence-electron chi connectivity index (χ0n) is 12.0. The minimum Gasteiger partial charge on any atom is -0.374 e. The Morgan fingerprint density at radius 3 is 2.61 bits per heavy atom. The van der Waals surface area contributed by atoms with Crippen LogP contribution in [0.5, 0.6) is 0 Å². The molecule has 0 saturated carbocycles. The summed E-state index contributed by atoms with van der Waals surface area (Å²) in [6.07, 6.45) is 2.28. The van der Waals surface area contributed by atoms with Gasteiger partial charge in [-0.05, 0) is 34.6 Å². The summed E-state index contributed by atoms with van der Waals surface area (Å²) in [5.41, 5.74) is 2.61. The molecule has 0 saturated heterocycles. The van der Waals surface area contributed by atoms with Crippen LogP contribution >= 0.6 is 0 Å². The van der Waals surface area contributed by atoms with Crippen LogP contribution in [-0.4, -0.2) is 33.0 Å². The number of nitrogens with two attached hydrogens (primary N) is 1. The first kappa shape index (κ1) is 15.1. The normalized spacial score (nSPS) is 14.2. The summed E-state index contributed by atoms with van der Waals surface area (Å²) in [6.45, 7) is 10.8. The number of hydrogen-bond acceptors (Lipinski definition) is 5. The van der Waals surface area contributed by atoms with E-state index in [1.165, 1.54) is 0 Å². The van der Waals surface area contributed by atoms with Gasteiger partial charge in [0.05, 0.1) is 18.2 Å². The molecule has 18 heavy (non-hydrogen) atoms. The number of ether oxygens (including phenoxy) is 1. The van der Waals surface area contributed by atoms with Crippen molar-refractivity contribution in [3.05, 3.63) is 12.2 Å². The Balaban J connectivity index is 2.60. The van der Waals surface area contributed by atoms with Gasteiger partial charge in [-0.2, -0.15) is 5.10 Å². The molecule has 0 radical (unpaired) electrons. The number of nitrogens with one attached hydrogen (secondary N) is 1. The molecule has 1 rings (SSSR count). The molecule has 0 aliphatic rings. The maximum absolute atomic E-state index is 5.73. The Hall–Kier alpha value is -0.980. The van der Waals surface area contributed by atoms with Crippen molar-refractivity contribution in [1.82, 2.24) is 20.2 Å². The molecule has 0 spiro atoms. The lowest BCUT2D eigenvalue weighted by atomic mass is 10.1. The lowest BCUT2D eigenvalue weighted by molar-refractivity contribution is -0.0147. The molecule has 1 unspecified atom stereocenters. The van der Waals surface area contributed by atoms with E-state index in [0.717, 1.165) is 5.82 Å². The fourth-order valence-electron chi connectivity index (χ4n) is 1.59. The second-order valence-corrected chi connectivity index (χ2v) is 5.71. The maximum atomic E-state index is 5.73. The lowest BCUT2D eigenvalue weighted by Crippen LogP contribution is -2.42. The molecule has 6 nitrogen and oxygen atoms in total. The van der Waals surface area contributed by atoms with E-state index >= 15 is 0 Å². The second kappa shape index (κ2) is 6.26. The predicted octanol–water partition coefficient (Wildman–Crippen LogP) is 1.05. The summed E-state index contributed by atoms with van der Waals surface area (Å²) in [6, 6.07) is 0.329. The lowest BCUT2D eigenvalue weighted by Gasteiger charge is -2.24. The number of nitrogens with zero attached hydrogens (tertiary/aromatic N) is 3. The van der Waals surface area contributed by atoms with Crippen molar-refractivity contribution in [2.75, 3.05) is 6.61 Å². The molecule has 3 N–H and O–H groups in total. The van der Waals surface area contributed by atoms with E-state index in [4.69, 9.17) is 10.6 Å². The third-order valence-electron chi connectivity index (χ3n) is 2.52. The number of hydrazine groups is 1. The highest BCUT2D eigenvalue weighted by Crippen LogP contribution is 2.10. The summed E-state index contributed by atoms with van der Waals surface area (Å²) in [5, 5.41) is 4.21. The summed E-state index contributed by atoms with van der Waals surface area (Å²) >= 11 is 0. The molecule has 6 heteroatoms. The van der Waals surface area contributed by atoms with Gasteiger partial charge >= 0.3 is 0 Å². The zero-order valence-corrected chi connectivity index (χ0v) is 12.0. The van der Waals surface area contributed by atoms with Gasteiger partial charge < -0.3 is 4.74 Å². The molecule has 0 aromatic carbocycles. The van der Waals surface area contributed by atoms with Crippen LogP contribution in [0.4, 0.5) is 0 Å². The van der Waals surface area contributed by atoms with Crippen molar-refractivity contribution >= 4 is 0 Å². The van der Waals surface area contributed by atoms with Gasteiger partial charge in [-0.25, -0.2) is 9.67 Å². The number of rotatable bonds is 6. The second-order valence-electron chi connectivity index (χ2n) is 5.71. The van der Waals surface area contributed by atoms with Gasteiger partial charge in [0.1, 0.15) is 12.2 Å². The molecular weight excluding hydrogens is 230 g/mol. The molecule has 1 aromatic rings. The fraction of sp³-hybridized carbons (Fsp3) is 0.833. The van der Waals surface area contributed by atoms with E-state index in [-0.39, 0.29) is 11.6 Å². The van der Waals surface area contributed by atoms with Gasteiger partial charge in [0.25, 0.3) is 0 Å². The van der Waals surface area contributed by atoms with Gasteiger partial charge in [-0.3, -0.25) is 11.3 Å². The first-order valence-corrected chi connectivity index (χ1v) is 6.32. The Morgan fingerprint density at radius 1 is 1.44 bits per heavy atom. The van der Waals surface area contributed by atoms with E-state index in [0.29, 0.717) is 19.1 Å². The van der Waals surface area contributed by atoms with Crippen molar-refractivity contribution in [2.45, 2.75) is 58.7 Å². The van der Waals surface area contributed by atoms with Crippen LogP contribution in [-0.2, 0) is 11.2 Å². The van der Waals surface area contributed by atoms with Gasteiger partial charge in [0.15, 0.2) is 0 Å². The van der Waals surface area contributed by atoms with Crippen molar-refractivity contribution in [3.8, 4) is 0 Å². The van der Waals surface area contributed by atoms with Gasteiger partial charge in [-0.15, -0.1) is 0 Å². The maximum Gasteiger partial charge on any atom is 0.138 e. The summed E-state index contributed by atoms with van der Waals surface area (Å²) in [5.74, 6) is 6.48. The summed E-state index contributed by atoms with van der Waals surface area (Å²) in [7, 11) is 0. The van der Waals surface area contributed by atoms with Gasteiger partial charge in [0, 0.05) is 12.5 Å². The SMILES string of the molecule is CC(C)n1ncnc1CC(COC(C)(C)C)NN. The molecule has 1 aromatic heterocycles. The summed E-state index contributed by atoms with van der Waals surface area (Å²) in [4.78, 5) is 4.27. The van der Waals surface area contributed by atoms with Gasteiger partial charge in [-0.1, -0.05) is 0 Å². The Labute approximate surface area is 109 Å². The smallest absolute Gasteiger partial charge is 0.138 e. The van der Waals surface area contributed by atoms with E-state index in [2.05, 4.69) is 29.4 Å². The van der Waals surface area contributed by atoms with Crippen LogP contribution in [0, 0.1) is 0 Å². The minimum atomic E-state index is -0.166. The topological polar surface area (TPSA) is 78.0 Å². The fourth-order valence-corrected chi connectivity index (χ4v) is 1.59. The molecule has 1 atom stereocenters. The standard InChI is InChI=1S/C12H25N5O/c1-9(2)17-11(14-8-15-17)6-10(16-13)7-18-12(3,4)5/h8-10,16H,6-7,13H2,1-5H3. The molecule has 104 valence electrons. The highest BCUT2D eigenvalue weighted by Gasteiger charge is 2.18. The van der Waals surface area contributed by atoms with E-state index in [9.17, 15) is 0 Å². The average molecular weight is 255 g/mol. The van der Waals surface area contributed by atoms with Crippen LogP contribution in [0.1, 0.15) is 46.5 Å². The quantitative estimate of drug-likeness (QED) is 0.587. The van der Waals surface area contributed by atoms with E-state index in [1.54, 1.807) is 6.33 Å². The van der Waals surface area contributed by atoms with E-state index in [1.807, 2.05) is 25.5 Å². The monoisotopic (exact) mass is 255 g/mol. The van der Waals surface area contributed by atoms with Crippen LogP contribution in [0.25, 0.3) is 0 Å². The Bertz CT molecular complexity index is 356. The summed E-state index contributed by atoms with van der Waals surface area (Å²) < 4.78 is 7.64. The molecule has 0 aliphatic carbocycles. The largest absolute Gasteiger partial charge is 0.374 e. The predicted molar refractivity (Wildman–Crippen MR) is 70.9 cm³/mol. The first-order valence-electron chi connectivity index (χ1n) is 6.32.